The van der Waals surface area contributed by atoms with E-state index in [9.17, 15) is 4.79 Å². The van der Waals surface area contributed by atoms with Crippen molar-refractivity contribution in [2.45, 2.75) is 6.92 Å². The van der Waals surface area contributed by atoms with Crippen molar-refractivity contribution in [1.82, 2.24) is 0 Å². The maximum atomic E-state index is 11.4. The molecule has 1 rings (SSSR count). The summed E-state index contributed by atoms with van der Waals surface area (Å²) in [6.45, 7) is 3.31. The van der Waals surface area contributed by atoms with Crippen LogP contribution >= 0.6 is 0 Å². The van der Waals surface area contributed by atoms with Gasteiger partial charge in [-0.3, -0.25) is 0 Å². The number of benzene rings is 1. The second-order valence-corrected chi connectivity index (χ2v) is 3.41. The zero-order chi connectivity index (χ0) is 13.2. The number of methoxy groups -OCH3 is 1. The highest BCUT2D eigenvalue weighted by Crippen LogP contribution is 2.12. The minimum atomic E-state index is -0.333. The second kappa shape index (κ2) is 8.49. The van der Waals surface area contributed by atoms with E-state index in [4.69, 9.17) is 18.9 Å². The van der Waals surface area contributed by atoms with Crippen molar-refractivity contribution in [2.75, 3.05) is 33.7 Å². The van der Waals surface area contributed by atoms with Crippen LogP contribution in [0.1, 0.15) is 17.3 Å². The Hall–Kier alpha value is -1.59. The third-order valence-corrected chi connectivity index (χ3v) is 2.11. The molecule has 0 saturated carbocycles. The van der Waals surface area contributed by atoms with E-state index in [1.54, 1.807) is 38.3 Å². The number of carbonyl (C=O) groups is 1. The Kier molecular flexibility index (Phi) is 6.83. The van der Waals surface area contributed by atoms with E-state index in [2.05, 4.69) is 0 Å². The molecule has 0 N–H and O–H groups in total. The molecule has 0 heterocycles. The first-order chi connectivity index (χ1) is 8.77. The van der Waals surface area contributed by atoms with E-state index in [1.165, 1.54) is 0 Å². The number of esters is 1. The predicted molar refractivity (Wildman–Crippen MR) is 65.7 cm³/mol. The summed E-state index contributed by atoms with van der Waals surface area (Å²) in [5.74, 6) is 0.306. The van der Waals surface area contributed by atoms with Crippen molar-refractivity contribution in [3.63, 3.8) is 0 Å². The van der Waals surface area contributed by atoms with Gasteiger partial charge in [0.2, 0.25) is 0 Å². The van der Waals surface area contributed by atoms with E-state index in [-0.39, 0.29) is 12.8 Å². The Balaban J connectivity index is 2.33. The summed E-state index contributed by atoms with van der Waals surface area (Å²) in [5, 5.41) is 0. The van der Waals surface area contributed by atoms with Crippen molar-refractivity contribution >= 4 is 5.97 Å². The summed E-state index contributed by atoms with van der Waals surface area (Å²) in [5.41, 5.74) is 0.504. The molecule has 5 nitrogen and oxygen atoms in total. The molecule has 0 unspecified atom stereocenters. The average molecular weight is 254 g/mol. The molecule has 0 amide bonds. The van der Waals surface area contributed by atoms with Crippen LogP contribution in [-0.2, 0) is 14.2 Å². The maximum Gasteiger partial charge on any atom is 0.338 e. The minimum absolute atomic E-state index is 0.155. The van der Waals surface area contributed by atoms with E-state index < -0.39 is 0 Å². The van der Waals surface area contributed by atoms with Gasteiger partial charge in [0.15, 0.2) is 6.79 Å². The molecular weight excluding hydrogens is 236 g/mol. The van der Waals surface area contributed by atoms with Gasteiger partial charge in [-0.05, 0) is 31.2 Å². The second-order valence-electron chi connectivity index (χ2n) is 3.41. The van der Waals surface area contributed by atoms with Crippen LogP contribution in [0.2, 0.25) is 0 Å². The third kappa shape index (κ3) is 5.16. The van der Waals surface area contributed by atoms with Gasteiger partial charge >= 0.3 is 5.97 Å². The van der Waals surface area contributed by atoms with Crippen LogP contribution in [0.4, 0.5) is 0 Å². The maximum absolute atomic E-state index is 11.4. The Bertz CT molecular complexity index is 347. The van der Waals surface area contributed by atoms with Gasteiger partial charge in [-0.25, -0.2) is 4.79 Å². The monoisotopic (exact) mass is 254 g/mol. The van der Waals surface area contributed by atoms with Crippen molar-refractivity contribution in [3.05, 3.63) is 29.8 Å². The summed E-state index contributed by atoms with van der Waals surface area (Å²) in [7, 11) is 1.61. The van der Waals surface area contributed by atoms with Crippen LogP contribution in [0.25, 0.3) is 0 Å². The van der Waals surface area contributed by atoms with Crippen LogP contribution in [0.3, 0.4) is 0 Å². The lowest BCUT2D eigenvalue weighted by Crippen LogP contribution is -2.08. The molecule has 0 aromatic heterocycles. The molecule has 1 aromatic rings. The lowest BCUT2D eigenvalue weighted by molar-refractivity contribution is -0.00847. The van der Waals surface area contributed by atoms with Gasteiger partial charge in [0.1, 0.15) is 5.75 Å². The molecule has 0 radical (unpaired) electrons. The average Bonchev–Trinajstić information content (AvgIpc) is 2.39. The normalized spacial score (nSPS) is 10.1. The van der Waals surface area contributed by atoms with Gasteiger partial charge in [-0.1, -0.05) is 0 Å². The first kappa shape index (κ1) is 14.5. The van der Waals surface area contributed by atoms with Crippen LogP contribution in [-0.4, -0.2) is 39.7 Å². The molecule has 5 heteroatoms. The highest BCUT2D eigenvalue weighted by Gasteiger charge is 2.05. The Labute approximate surface area is 107 Å². The zero-order valence-electron chi connectivity index (χ0n) is 10.7. The van der Waals surface area contributed by atoms with E-state index in [0.717, 1.165) is 0 Å². The summed E-state index contributed by atoms with van der Waals surface area (Å²) < 4.78 is 20.2. The Morgan fingerprint density at radius 2 is 1.89 bits per heavy atom. The van der Waals surface area contributed by atoms with Crippen LogP contribution < -0.4 is 4.74 Å². The number of rotatable bonds is 8. The number of ether oxygens (including phenoxy) is 4. The molecule has 1 aromatic carbocycles. The quantitative estimate of drug-likeness (QED) is 0.402. The standard InChI is InChI=1S/C13H18O5/c1-3-17-13(14)11-4-6-12(7-5-11)18-10-16-9-8-15-2/h4-7H,3,8-10H2,1-2H3. The molecular formula is C13H18O5. The molecule has 18 heavy (non-hydrogen) atoms. The molecule has 0 atom stereocenters. The zero-order valence-corrected chi connectivity index (χ0v) is 10.7. The van der Waals surface area contributed by atoms with Crippen LogP contribution in [0, 0.1) is 0 Å². The van der Waals surface area contributed by atoms with Crippen molar-refractivity contribution in [2.24, 2.45) is 0 Å². The lowest BCUT2D eigenvalue weighted by atomic mass is 10.2. The number of hydrogen-bond acceptors (Lipinski definition) is 5. The summed E-state index contributed by atoms with van der Waals surface area (Å²) in [6.07, 6.45) is 0. The number of hydrogen-bond donors (Lipinski definition) is 0. The molecule has 0 fully saturated rings. The molecule has 0 saturated heterocycles. The summed E-state index contributed by atoms with van der Waals surface area (Å²) >= 11 is 0. The predicted octanol–water partition coefficient (Wildman–Crippen LogP) is 1.86. The molecule has 0 aliphatic rings. The fourth-order valence-electron chi connectivity index (χ4n) is 1.21. The highest BCUT2D eigenvalue weighted by molar-refractivity contribution is 5.89. The Morgan fingerprint density at radius 3 is 2.50 bits per heavy atom. The Morgan fingerprint density at radius 1 is 1.17 bits per heavy atom. The van der Waals surface area contributed by atoms with Crippen molar-refractivity contribution in [1.29, 1.82) is 0 Å². The van der Waals surface area contributed by atoms with Gasteiger partial charge in [-0.2, -0.15) is 0 Å². The SMILES string of the molecule is CCOC(=O)c1ccc(OCOCCOC)cc1. The van der Waals surface area contributed by atoms with Gasteiger partial charge < -0.3 is 18.9 Å². The first-order valence-corrected chi connectivity index (χ1v) is 5.74. The largest absolute Gasteiger partial charge is 0.468 e. The van der Waals surface area contributed by atoms with Gasteiger partial charge in [-0.15, -0.1) is 0 Å². The molecule has 0 aliphatic carbocycles. The lowest BCUT2D eigenvalue weighted by Gasteiger charge is -2.07. The topological polar surface area (TPSA) is 54.0 Å². The van der Waals surface area contributed by atoms with E-state index in [0.29, 0.717) is 31.1 Å². The van der Waals surface area contributed by atoms with Gasteiger partial charge in [0.05, 0.1) is 25.4 Å². The smallest absolute Gasteiger partial charge is 0.338 e. The fourth-order valence-corrected chi connectivity index (χ4v) is 1.21. The highest BCUT2D eigenvalue weighted by atomic mass is 16.7. The van der Waals surface area contributed by atoms with E-state index >= 15 is 0 Å². The van der Waals surface area contributed by atoms with Crippen LogP contribution in [0.5, 0.6) is 5.75 Å². The van der Waals surface area contributed by atoms with Crippen molar-refractivity contribution < 1.29 is 23.7 Å². The minimum Gasteiger partial charge on any atom is -0.468 e. The summed E-state index contributed by atoms with van der Waals surface area (Å²) in [6, 6.07) is 6.71. The molecule has 0 bridgehead atoms. The first-order valence-electron chi connectivity index (χ1n) is 5.74. The third-order valence-electron chi connectivity index (χ3n) is 2.11. The van der Waals surface area contributed by atoms with Crippen molar-refractivity contribution in [3.8, 4) is 5.75 Å². The van der Waals surface area contributed by atoms with Crippen LogP contribution in [0.15, 0.2) is 24.3 Å². The molecule has 100 valence electrons. The molecule has 0 spiro atoms. The summed E-state index contributed by atoms with van der Waals surface area (Å²) in [4.78, 5) is 11.4. The fraction of sp³-hybridized carbons (Fsp3) is 0.462. The van der Waals surface area contributed by atoms with Gasteiger partial charge in [0.25, 0.3) is 0 Å². The number of carbonyl (C=O) groups excluding carboxylic acids is 1. The van der Waals surface area contributed by atoms with E-state index in [1.807, 2.05) is 0 Å². The molecule has 0 aliphatic heterocycles. The van der Waals surface area contributed by atoms with Gasteiger partial charge in [0, 0.05) is 7.11 Å².